The molecule has 0 fully saturated rings. The third-order valence-electron chi connectivity index (χ3n) is 5.97. The van der Waals surface area contributed by atoms with Crippen LogP contribution in [0.25, 0.3) is 5.70 Å². The zero-order valence-electron chi connectivity index (χ0n) is 21.1. The van der Waals surface area contributed by atoms with Crippen LogP contribution in [0.3, 0.4) is 0 Å². The van der Waals surface area contributed by atoms with Gasteiger partial charge >= 0.3 is 5.97 Å². The first kappa shape index (κ1) is 27.4. The van der Waals surface area contributed by atoms with E-state index < -0.39 is 46.5 Å². The fourth-order valence-electron chi connectivity index (χ4n) is 3.85. The highest BCUT2D eigenvalue weighted by molar-refractivity contribution is 7.89. The van der Waals surface area contributed by atoms with Gasteiger partial charge in [-0.3, -0.25) is 15.0 Å². The van der Waals surface area contributed by atoms with E-state index in [1.807, 2.05) is 25.1 Å². The molecule has 4 rings (SSSR count). The first-order chi connectivity index (χ1) is 18.0. The standard InChI is InChI=1S/C27H28ClN3O6S/c1-17(2)26(30-38(34,35)21-12-6-18(3)7-13-21)27(33)37-16-25(32)31-23(24-5-4-14-36-24)15-22(29-31)19-8-10-20(28)11-9-19/h4-15,17,23,26,29-30H,16H2,1-3H3/t23-,26-/m1/s1. The number of nitrogens with one attached hydrogen (secondary N) is 2. The lowest BCUT2D eigenvalue weighted by molar-refractivity contribution is -0.155. The molecule has 3 aromatic rings. The van der Waals surface area contributed by atoms with Crippen LogP contribution in [0, 0.1) is 12.8 Å². The molecule has 1 aliphatic rings. The molecule has 2 heterocycles. The average molecular weight is 558 g/mol. The number of hydrogen-bond acceptors (Lipinski definition) is 7. The largest absolute Gasteiger partial charge is 0.467 e. The van der Waals surface area contributed by atoms with E-state index in [1.54, 1.807) is 50.2 Å². The van der Waals surface area contributed by atoms with Crippen LogP contribution in [0.15, 0.2) is 82.3 Å². The number of hydrogen-bond donors (Lipinski definition) is 2. The molecular formula is C27H28ClN3O6S. The fourth-order valence-corrected chi connectivity index (χ4v) is 5.31. The first-order valence-electron chi connectivity index (χ1n) is 11.9. The van der Waals surface area contributed by atoms with E-state index in [9.17, 15) is 18.0 Å². The Balaban J connectivity index is 1.45. The lowest BCUT2D eigenvalue weighted by Crippen LogP contribution is -2.47. The van der Waals surface area contributed by atoms with E-state index in [0.717, 1.165) is 11.1 Å². The summed E-state index contributed by atoms with van der Waals surface area (Å²) >= 11 is 6.00. The zero-order valence-corrected chi connectivity index (χ0v) is 22.6. The lowest BCUT2D eigenvalue weighted by atomic mass is 10.1. The van der Waals surface area contributed by atoms with Crippen LogP contribution in [0.4, 0.5) is 0 Å². The number of hydrazine groups is 1. The minimum atomic E-state index is -3.99. The van der Waals surface area contributed by atoms with Crippen molar-refractivity contribution in [2.75, 3.05) is 6.61 Å². The monoisotopic (exact) mass is 557 g/mol. The van der Waals surface area contributed by atoms with Crippen molar-refractivity contribution in [3.8, 4) is 0 Å². The molecule has 0 aliphatic carbocycles. The van der Waals surface area contributed by atoms with Crippen molar-refractivity contribution in [1.29, 1.82) is 0 Å². The molecule has 38 heavy (non-hydrogen) atoms. The number of aryl methyl sites for hydroxylation is 1. The molecule has 0 spiro atoms. The Morgan fingerprint density at radius 3 is 2.39 bits per heavy atom. The number of benzene rings is 2. The quantitative estimate of drug-likeness (QED) is 0.378. The molecule has 2 N–H and O–H groups in total. The van der Waals surface area contributed by atoms with Crippen molar-refractivity contribution in [3.05, 3.63) is 94.9 Å². The normalized spacial score (nSPS) is 16.2. The summed E-state index contributed by atoms with van der Waals surface area (Å²) in [6, 6.07) is 15.0. The number of rotatable bonds is 9. The Labute approximate surface area is 226 Å². The molecule has 1 aromatic heterocycles. The summed E-state index contributed by atoms with van der Waals surface area (Å²) in [4.78, 5) is 26.1. The van der Waals surface area contributed by atoms with Gasteiger partial charge in [0.2, 0.25) is 10.0 Å². The van der Waals surface area contributed by atoms with Gasteiger partial charge in [-0.05, 0) is 60.9 Å². The molecule has 1 aliphatic heterocycles. The molecule has 0 unspecified atom stereocenters. The maximum atomic E-state index is 13.2. The van der Waals surface area contributed by atoms with Crippen LogP contribution >= 0.6 is 11.6 Å². The highest BCUT2D eigenvalue weighted by Crippen LogP contribution is 2.32. The van der Waals surface area contributed by atoms with Gasteiger partial charge in [-0.2, -0.15) is 4.72 Å². The van der Waals surface area contributed by atoms with Crippen LogP contribution in [0.1, 0.15) is 36.8 Å². The van der Waals surface area contributed by atoms with Crippen molar-refractivity contribution in [2.24, 2.45) is 5.92 Å². The molecule has 0 saturated carbocycles. The Hall–Kier alpha value is -3.60. The van der Waals surface area contributed by atoms with Crippen molar-refractivity contribution in [2.45, 2.75) is 37.8 Å². The van der Waals surface area contributed by atoms with Gasteiger partial charge in [-0.25, -0.2) is 13.4 Å². The van der Waals surface area contributed by atoms with Gasteiger partial charge in [-0.15, -0.1) is 0 Å². The van der Waals surface area contributed by atoms with E-state index in [4.69, 9.17) is 20.8 Å². The number of amides is 1. The maximum absolute atomic E-state index is 13.2. The number of carbonyl (C=O) groups excluding carboxylic acids is 2. The molecule has 1 amide bonds. The van der Waals surface area contributed by atoms with Gasteiger partial charge in [0.1, 0.15) is 17.8 Å². The third kappa shape index (κ3) is 6.27. The highest BCUT2D eigenvalue weighted by Gasteiger charge is 2.35. The van der Waals surface area contributed by atoms with Crippen LogP contribution in [0.2, 0.25) is 5.02 Å². The van der Waals surface area contributed by atoms with Gasteiger partial charge in [0.25, 0.3) is 5.91 Å². The third-order valence-corrected chi connectivity index (χ3v) is 7.68. The highest BCUT2D eigenvalue weighted by atomic mass is 35.5. The van der Waals surface area contributed by atoms with Crippen LogP contribution in [-0.4, -0.2) is 38.0 Å². The SMILES string of the molecule is Cc1ccc(S(=O)(=O)N[C@@H](C(=O)OCC(=O)N2NC(c3ccc(Cl)cc3)=C[C@@H]2c2ccco2)C(C)C)cc1. The van der Waals surface area contributed by atoms with E-state index in [1.165, 1.54) is 23.4 Å². The molecule has 11 heteroatoms. The molecule has 0 saturated heterocycles. The second kappa shape index (κ2) is 11.4. The fraction of sp³-hybridized carbons (Fsp3) is 0.259. The smallest absolute Gasteiger partial charge is 0.324 e. The molecule has 0 bridgehead atoms. The lowest BCUT2D eigenvalue weighted by Gasteiger charge is -2.25. The number of furan rings is 1. The number of ether oxygens (including phenoxy) is 1. The van der Waals surface area contributed by atoms with E-state index in [-0.39, 0.29) is 4.90 Å². The van der Waals surface area contributed by atoms with E-state index >= 15 is 0 Å². The maximum Gasteiger partial charge on any atom is 0.324 e. The molecule has 2 aromatic carbocycles. The van der Waals surface area contributed by atoms with Crippen molar-refractivity contribution < 1.29 is 27.2 Å². The van der Waals surface area contributed by atoms with E-state index in [2.05, 4.69) is 10.1 Å². The van der Waals surface area contributed by atoms with Crippen molar-refractivity contribution in [1.82, 2.24) is 15.2 Å². The summed E-state index contributed by atoms with van der Waals surface area (Å²) in [5.41, 5.74) is 5.39. The Kier molecular flexibility index (Phi) is 8.25. The number of nitrogens with zero attached hydrogens (tertiary/aromatic N) is 1. The Bertz CT molecular complexity index is 1420. The molecule has 200 valence electrons. The van der Waals surface area contributed by atoms with E-state index in [0.29, 0.717) is 16.5 Å². The Morgan fingerprint density at radius 1 is 1.11 bits per heavy atom. The minimum Gasteiger partial charge on any atom is -0.467 e. The first-order valence-corrected chi connectivity index (χ1v) is 13.8. The van der Waals surface area contributed by atoms with Gasteiger partial charge in [-0.1, -0.05) is 55.3 Å². The summed E-state index contributed by atoms with van der Waals surface area (Å²) in [6.45, 7) is 4.60. The number of carbonyl (C=O) groups is 2. The van der Waals surface area contributed by atoms with Crippen LogP contribution in [0.5, 0.6) is 0 Å². The van der Waals surface area contributed by atoms with Crippen LogP contribution in [-0.2, 0) is 24.3 Å². The van der Waals surface area contributed by atoms with Gasteiger partial charge in [0.15, 0.2) is 6.61 Å². The second-order valence-electron chi connectivity index (χ2n) is 9.19. The average Bonchev–Trinajstić information content (AvgIpc) is 3.57. The van der Waals surface area contributed by atoms with Gasteiger partial charge < -0.3 is 9.15 Å². The number of halogens is 1. The summed E-state index contributed by atoms with van der Waals surface area (Å²) < 4.78 is 38.9. The summed E-state index contributed by atoms with van der Waals surface area (Å²) in [5, 5.41) is 1.88. The van der Waals surface area contributed by atoms with Crippen molar-refractivity contribution in [3.63, 3.8) is 0 Å². The molecular weight excluding hydrogens is 530 g/mol. The number of sulfonamides is 1. The van der Waals surface area contributed by atoms with Crippen LogP contribution < -0.4 is 10.1 Å². The Morgan fingerprint density at radius 2 is 1.79 bits per heavy atom. The molecule has 2 atom stereocenters. The minimum absolute atomic E-state index is 0.0287. The number of esters is 1. The van der Waals surface area contributed by atoms with Crippen molar-refractivity contribution >= 4 is 39.2 Å². The van der Waals surface area contributed by atoms with Gasteiger partial charge in [0.05, 0.1) is 16.9 Å². The predicted octanol–water partition coefficient (Wildman–Crippen LogP) is 4.22. The summed E-state index contributed by atoms with van der Waals surface area (Å²) in [6.07, 6.45) is 3.31. The predicted molar refractivity (Wildman–Crippen MR) is 142 cm³/mol. The second-order valence-corrected chi connectivity index (χ2v) is 11.3. The summed E-state index contributed by atoms with van der Waals surface area (Å²) in [7, 11) is -3.99. The zero-order chi connectivity index (χ0) is 27.4. The molecule has 0 radical (unpaired) electrons. The summed E-state index contributed by atoms with van der Waals surface area (Å²) in [5.74, 6) is -1.34. The topological polar surface area (TPSA) is 118 Å². The molecule has 9 nitrogen and oxygen atoms in total. The van der Waals surface area contributed by atoms with Gasteiger partial charge in [0, 0.05) is 5.02 Å².